The van der Waals surface area contributed by atoms with Gasteiger partial charge in [0, 0.05) is 23.1 Å². The average Bonchev–Trinajstić information content (AvgIpc) is 3.63. The van der Waals surface area contributed by atoms with Crippen LogP contribution in [0, 0.1) is 25.2 Å². The molecular formula is C35H49FeNOP-. The minimum absolute atomic E-state index is 0. The zero-order valence-electron chi connectivity index (χ0n) is 24.6. The van der Waals surface area contributed by atoms with Crippen LogP contribution in [0.5, 0.6) is 0 Å². The van der Waals surface area contributed by atoms with Gasteiger partial charge in [-0.25, -0.2) is 0 Å². The molecule has 0 amide bonds. The molecule has 39 heavy (non-hydrogen) atoms. The van der Waals surface area contributed by atoms with Gasteiger partial charge in [-0.2, -0.15) is 0 Å². The van der Waals surface area contributed by atoms with Crippen LogP contribution in [0.4, 0.5) is 0 Å². The first-order valence-electron chi connectivity index (χ1n) is 14.3. The van der Waals surface area contributed by atoms with E-state index in [-0.39, 0.29) is 30.4 Å². The molecule has 4 unspecified atom stereocenters. The Labute approximate surface area is 250 Å². The number of hydrogen-bond donors (Lipinski definition) is 1. The third-order valence-electron chi connectivity index (χ3n) is 8.68. The Kier molecular flexibility index (Phi) is 14.5. The molecule has 0 radical (unpaired) electrons. The summed E-state index contributed by atoms with van der Waals surface area (Å²) >= 11 is 0. The average molecular weight is 587 g/mol. The summed E-state index contributed by atoms with van der Waals surface area (Å²) in [5, 5.41) is 15.8. The minimum Gasteiger partial charge on any atom is -0.388 e. The molecule has 3 aromatic carbocycles. The molecule has 0 aliphatic heterocycles. The van der Waals surface area contributed by atoms with Gasteiger partial charge in [0.1, 0.15) is 0 Å². The van der Waals surface area contributed by atoms with Crippen molar-refractivity contribution in [2.24, 2.45) is 17.8 Å². The molecular weight excluding hydrogens is 537 g/mol. The fourth-order valence-corrected chi connectivity index (χ4v) is 8.86. The number of aliphatic hydroxyl groups excluding tert-OH is 1. The third kappa shape index (κ3) is 8.51. The molecule has 0 heterocycles. The van der Waals surface area contributed by atoms with Crippen LogP contribution >= 0.6 is 7.92 Å². The molecule has 2 fully saturated rings. The van der Waals surface area contributed by atoms with Crippen molar-refractivity contribution in [2.75, 3.05) is 14.1 Å². The monoisotopic (exact) mass is 586 g/mol. The maximum Gasteiger partial charge on any atom is 0.0830 e. The van der Waals surface area contributed by atoms with E-state index < -0.39 is 14.0 Å². The second-order valence-corrected chi connectivity index (χ2v) is 13.5. The van der Waals surface area contributed by atoms with Crippen molar-refractivity contribution >= 4 is 23.8 Å². The van der Waals surface area contributed by atoms with E-state index in [0.717, 1.165) is 5.56 Å². The molecule has 5 rings (SSSR count). The molecule has 0 spiro atoms. The van der Waals surface area contributed by atoms with Crippen LogP contribution in [0.25, 0.3) is 0 Å². The van der Waals surface area contributed by atoms with Crippen molar-refractivity contribution in [3.8, 4) is 0 Å². The van der Waals surface area contributed by atoms with Gasteiger partial charge in [0.05, 0.1) is 6.10 Å². The molecule has 2 nitrogen and oxygen atoms in total. The maximum absolute atomic E-state index is 11.9. The van der Waals surface area contributed by atoms with Gasteiger partial charge < -0.3 is 17.4 Å². The first-order valence-corrected chi connectivity index (χ1v) is 15.7. The van der Waals surface area contributed by atoms with Crippen molar-refractivity contribution in [3.05, 3.63) is 97.9 Å². The fraction of sp³-hybridized carbons (Fsp3) is 0.457. The van der Waals surface area contributed by atoms with Gasteiger partial charge in [0.2, 0.25) is 0 Å². The van der Waals surface area contributed by atoms with Crippen LogP contribution in [-0.4, -0.2) is 30.1 Å². The summed E-state index contributed by atoms with van der Waals surface area (Å²) in [6, 6.07) is 30.7. The van der Waals surface area contributed by atoms with Crippen LogP contribution in [0.2, 0.25) is 0 Å². The van der Waals surface area contributed by atoms with Crippen LogP contribution in [-0.2, 0) is 17.1 Å². The molecule has 1 N–H and O–H groups in total. The van der Waals surface area contributed by atoms with Gasteiger partial charge in [-0.3, -0.25) is 0 Å². The van der Waals surface area contributed by atoms with E-state index in [1.807, 2.05) is 0 Å². The van der Waals surface area contributed by atoms with Gasteiger partial charge >= 0.3 is 0 Å². The fourth-order valence-electron chi connectivity index (χ4n) is 6.37. The molecule has 2 aliphatic rings. The second kappa shape index (κ2) is 16.7. The Bertz CT molecular complexity index is 1030. The number of nitrogens with zero attached hydrogens (tertiary/aromatic N) is 1. The Morgan fingerprint density at radius 3 is 1.69 bits per heavy atom. The van der Waals surface area contributed by atoms with Crippen molar-refractivity contribution in [3.63, 3.8) is 0 Å². The van der Waals surface area contributed by atoms with Crippen molar-refractivity contribution in [2.45, 2.75) is 70.9 Å². The van der Waals surface area contributed by atoms with Gasteiger partial charge in [-0.05, 0) is 81.0 Å². The van der Waals surface area contributed by atoms with Crippen molar-refractivity contribution < 1.29 is 22.2 Å². The van der Waals surface area contributed by atoms with Gasteiger partial charge in [0.25, 0.3) is 0 Å². The Balaban J connectivity index is 0.000000686. The van der Waals surface area contributed by atoms with Gasteiger partial charge in [-0.15, -0.1) is 0 Å². The van der Waals surface area contributed by atoms with Gasteiger partial charge in [-0.1, -0.05) is 124 Å². The quantitative estimate of drug-likeness (QED) is 0.176. The zero-order chi connectivity index (χ0) is 26.2. The molecule has 5 atom stereocenters. The summed E-state index contributed by atoms with van der Waals surface area (Å²) in [5.41, 5.74) is 1.11. The Morgan fingerprint density at radius 1 is 0.744 bits per heavy atom. The molecule has 2 saturated carbocycles. The van der Waals surface area contributed by atoms with Crippen LogP contribution in [0.3, 0.4) is 0 Å². The summed E-state index contributed by atoms with van der Waals surface area (Å²) in [5.74, 6) is 1.30. The van der Waals surface area contributed by atoms with E-state index in [0.29, 0.717) is 17.9 Å². The summed E-state index contributed by atoms with van der Waals surface area (Å²) < 4.78 is 0. The number of benzene rings is 3. The third-order valence-corrected chi connectivity index (χ3v) is 11.2. The SMILES string of the molecule is C1CCCC1.CC1CCC([C@@H](C)N(C)C)C1C(O)c1ccccc1P(c1ccccc1)c1ccccc1.[CH3-].[Fe]. The molecule has 0 aromatic heterocycles. The number of rotatable bonds is 7. The minimum atomic E-state index is -0.740. The first kappa shape index (κ1) is 33.7. The molecule has 4 heteroatoms. The predicted molar refractivity (Wildman–Crippen MR) is 168 cm³/mol. The van der Waals surface area contributed by atoms with Crippen molar-refractivity contribution in [1.29, 1.82) is 0 Å². The van der Waals surface area contributed by atoms with E-state index in [4.69, 9.17) is 0 Å². The normalized spacial score (nSPS) is 21.9. The predicted octanol–water partition coefficient (Wildman–Crippen LogP) is 7.49. The molecule has 3 aromatic rings. The van der Waals surface area contributed by atoms with E-state index in [1.54, 1.807) is 0 Å². The summed E-state index contributed by atoms with van der Waals surface area (Å²) in [7, 11) is 3.58. The molecule has 2 aliphatic carbocycles. The second-order valence-electron chi connectivity index (χ2n) is 11.3. The van der Waals surface area contributed by atoms with E-state index in [9.17, 15) is 5.11 Å². The van der Waals surface area contributed by atoms with E-state index in [1.165, 1.54) is 60.9 Å². The maximum atomic E-state index is 11.9. The molecule has 0 saturated heterocycles. The number of hydrogen-bond acceptors (Lipinski definition) is 2. The smallest absolute Gasteiger partial charge is 0.0830 e. The van der Waals surface area contributed by atoms with Crippen LogP contribution in [0.1, 0.15) is 70.5 Å². The molecule has 0 bridgehead atoms. The Morgan fingerprint density at radius 2 is 1.21 bits per heavy atom. The van der Waals surface area contributed by atoms with Crippen molar-refractivity contribution in [1.82, 2.24) is 4.90 Å². The standard InChI is InChI=1S/C29H36NOP.C5H10.CH3.Fe/c1-21-19-20-25(22(2)30(3)4)28(21)29(31)26-17-11-12-18-27(26)32(23-13-7-5-8-14-23)24-15-9-6-10-16-24;1-2-4-5-3-1;;/h5-18,21-22,25,28-29,31H,19-20H2,1-4H3;1-5H2;1H3;/q;;-1;/t21?,22-,25?,28?,29?;;;/m1.../s1. The molecule has 214 valence electrons. The largest absolute Gasteiger partial charge is 0.388 e. The summed E-state index contributed by atoms with van der Waals surface area (Å²) in [4.78, 5) is 2.31. The summed E-state index contributed by atoms with van der Waals surface area (Å²) in [6.45, 7) is 4.64. The topological polar surface area (TPSA) is 23.5 Å². The number of aliphatic hydroxyl groups is 1. The zero-order valence-corrected chi connectivity index (χ0v) is 26.6. The van der Waals surface area contributed by atoms with E-state index in [2.05, 4.69) is 118 Å². The van der Waals surface area contributed by atoms with Crippen LogP contribution < -0.4 is 15.9 Å². The Hall–Kier alpha value is -1.47. The van der Waals surface area contributed by atoms with Gasteiger partial charge in [0.15, 0.2) is 0 Å². The van der Waals surface area contributed by atoms with Crippen LogP contribution in [0.15, 0.2) is 84.9 Å². The summed E-state index contributed by atoms with van der Waals surface area (Å²) in [6.07, 6.45) is 9.43. The van der Waals surface area contributed by atoms with E-state index >= 15 is 0 Å². The first-order chi connectivity index (χ1) is 18.0.